The molecule has 0 unspecified atom stereocenters. The first-order valence-corrected chi connectivity index (χ1v) is 10.2. The Morgan fingerprint density at radius 2 is 1.93 bits per heavy atom. The molecule has 0 saturated heterocycles. The van der Waals surface area contributed by atoms with E-state index in [0.717, 1.165) is 28.1 Å². The van der Waals surface area contributed by atoms with Crippen molar-refractivity contribution in [3.63, 3.8) is 0 Å². The smallest absolute Gasteiger partial charge is 0.175 e. The molecular formula is C21H28BrClN2O2. The van der Waals surface area contributed by atoms with Crippen molar-refractivity contribution in [3.8, 4) is 11.5 Å². The second kappa shape index (κ2) is 11.5. The number of benzene rings is 1. The number of hydrogen-bond donors (Lipinski definition) is 1. The minimum atomic E-state index is 0. The zero-order valence-electron chi connectivity index (χ0n) is 15.7. The molecule has 1 aliphatic carbocycles. The van der Waals surface area contributed by atoms with Crippen molar-refractivity contribution >= 4 is 28.3 Å². The predicted octanol–water partition coefficient (Wildman–Crippen LogP) is 5.67. The Bertz CT molecular complexity index is 692. The fourth-order valence-corrected chi connectivity index (χ4v) is 4.00. The summed E-state index contributed by atoms with van der Waals surface area (Å²) in [7, 11) is 1.68. The van der Waals surface area contributed by atoms with Gasteiger partial charge in [-0.3, -0.25) is 4.98 Å². The molecular weight excluding hydrogens is 428 g/mol. The number of methoxy groups -OCH3 is 1. The third-order valence-corrected chi connectivity index (χ3v) is 5.43. The lowest BCUT2D eigenvalue weighted by Crippen LogP contribution is -2.27. The van der Waals surface area contributed by atoms with Crippen LogP contribution in [-0.4, -0.2) is 18.1 Å². The van der Waals surface area contributed by atoms with Gasteiger partial charge in [0.25, 0.3) is 0 Å². The normalized spacial score (nSPS) is 14.9. The maximum atomic E-state index is 5.98. The lowest BCUT2D eigenvalue weighted by atomic mass is 10.1. The van der Waals surface area contributed by atoms with E-state index in [0.29, 0.717) is 12.6 Å². The molecule has 0 bridgehead atoms. The number of nitrogens with one attached hydrogen (secondary N) is 1. The maximum Gasteiger partial charge on any atom is 0.175 e. The molecule has 0 amide bonds. The average molecular weight is 456 g/mol. The summed E-state index contributed by atoms with van der Waals surface area (Å²) in [5.74, 6) is 1.48. The van der Waals surface area contributed by atoms with Crippen molar-refractivity contribution in [2.45, 2.75) is 57.7 Å². The van der Waals surface area contributed by atoms with Crippen LogP contribution in [0.5, 0.6) is 11.5 Å². The zero-order chi connectivity index (χ0) is 18.2. The van der Waals surface area contributed by atoms with E-state index in [1.807, 2.05) is 18.3 Å². The minimum absolute atomic E-state index is 0. The number of nitrogens with zero attached hydrogens (tertiary/aromatic N) is 1. The lowest BCUT2D eigenvalue weighted by molar-refractivity contribution is 0.282. The van der Waals surface area contributed by atoms with Crippen molar-refractivity contribution in [3.05, 3.63) is 52.3 Å². The van der Waals surface area contributed by atoms with Gasteiger partial charge >= 0.3 is 0 Å². The molecule has 1 aromatic carbocycles. The molecule has 0 aliphatic heterocycles. The second-order valence-electron chi connectivity index (χ2n) is 6.83. The number of halogens is 2. The van der Waals surface area contributed by atoms with Crippen LogP contribution in [0.1, 0.15) is 49.7 Å². The molecule has 0 radical (unpaired) electrons. The van der Waals surface area contributed by atoms with Gasteiger partial charge < -0.3 is 14.8 Å². The molecule has 1 fully saturated rings. The summed E-state index contributed by atoms with van der Waals surface area (Å²) in [5, 5.41) is 3.71. The first-order valence-electron chi connectivity index (χ1n) is 9.38. The molecule has 1 aromatic heterocycles. The van der Waals surface area contributed by atoms with Crippen LogP contribution in [0, 0.1) is 0 Å². The van der Waals surface area contributed by atoms with Gasteiger partial charge in [0, 0.05) is 30.5 Å². The number of ether oxygens (including phenoxy) is 2. The Morgan fingerprint density at radius 1 is 1.15 bits per heavy atom. The lowest BCUT2D eigenvalue weighted by Gasteiger charge is -2.18. The van der Waals surface area contributed by atoms with Crippen LogP contribution in [0.15, 0.2) is 41.1 Å². The summed E-state index contributed by atoms with van der Waals surface area (Å²) in [6.07, 6.45) is 11.6. The summed E-state index contributed by atoms with van der Waals surface area (Å²) in [5.41, 5.74) is 2.23. The highest BCUT2D eigenvalue weighted by Gasteiger charge is 2.15. The van der Waals surface area contributed by atoms with E-state index in [2.05, 4.69) is 38.4 Å². The summed E-state index contributed by atoms with van der Waals surface area (Å²) < 4.78 is 12.5. The molecule has 0 spiro atoms. The Kier molecular flexibility index (Phi) is 9.39. The predicted molar refractivity (Wildman–Crippen MR) is 115 cm³/mol. The van der Waals surface area contributed by atoms with Gasteiger partial charge in [-0.2, -0.15) is 0 Å². The van der Waals surface area contributed by atoms with Crippen LogP contribution < -0.4 is 14.8 Å². The molecule has 1 aliphatic rings. The van der Waals surface area contributed by atoms with E-state index in [1.165, 1.54) is 44.1 Å². The first kappa shape index (κ1) is 22.0. The third-order valence-electron chi connectivity index (χ3n) is 4.85. The molecule has 1 N–H and O–H groups in total. The van der Waals surface area contributed by atoms with Gasteiger partial charge in [-0.05, 0) is 52.5 Å². The van der Waals surface area contributed by atoms with Gasteiger partial charge in [0.15, 0.2) is 11.5 Å². The Morgan fingerprint density at radius 3 is 2.59 bits per heavy atom. The first-order chi connectivity index (χ1) is 12.8. The highest BCUT2D eigenvalue weighted by atomic mass is 79.9. The molecule has 4 nitrogen and oxygen atoms in total. The number of pyridine rings is 1. The summed E-state index contributed by atoms with van der Waals surface area (Å²) >= 11 is 3.64. The standard InChI is InChI=1S/C21H27BrN2O2.ClH/c1-25-20-12-17(14-24-18-8-4-2-3-5-9-18)11-19(22)21(20)26-15-16-7-6-10-23-13-16;/h6-7,10-13,18,24H,2-5,8-9,14-15H2,1H3;1H. The fourth-order valence-electron chi connectivity index (χ4n) is 3.40. The van der Waals surface area contributed by atoms with Crippen LogP contribution in [0.4, 0.5) is 0 Å². The van der Waals surface area contributed by atoms with Gasteiger partial charge in [0.05, 0.1) is 11.6 Å². The zero-order valence-corrected chi connectivity index (χ0v) is 18.2. The van der Waals surface area contributed by atoms with Crippen molar-refractivity contribution in [1.82, 2.24) is 10.3 Å². The molecule has 3 rings (SSSR count). The van der Waals surface area contributed by atoms with Crippen LogP contribution in [-0.2, 0) is 13.2 Å². The van der Waals surface area contributed by atoms with E-state index in [9.17, 15) is 0 Å². The SMILES string of the molecule is COc1cc(CNC2CCCCCC2)cc(Br)c1OCc1cccnc1.Cl. The summed E-state index contributed by atoms with van der Waals surface area (Å²) in [4.78, 5) is 4.12. The minimum Gasteiger partial charge on any atom is -0.493 e. The second-order valence-corrected chi connectivity index (χ2v) is 7.68. The number of hydrogen-bond acceptors (Lipinski definition) is 4. The molecule has 1 saturated carbocycles. The van der Waals surface area contributed by atoms with Crippen LogP contribution in [0.25, 0.3) is 0 Å². The molecule has 1 heterocycles. The van der Waals surface area contributed by atoms with Crippen molar-refractivity contribution in [2.24, 2.45) is 0 Å². The van der Waals surface area contributed by atoms with Crippen LogP contribution in [0.3, 0.4) is 0 Å². The van der Waals surface area contributed by atoms with E-state index >= 15 is 0 Å². The molecule has 2 aromatic rings. The van der Waals surface area contributed by atoms with Gasteiger partial charge in [0.1, 0.15) is 6.61 Å². The molecule has 0 atom stereocenters. The van der Waals surface area contributed by atoms with Crippen LogP contribution >= 0.6 is 28.3 Å². The largest absolute Gasteiger partial charge is 0.493 e. The molecule has 27 heavy (non-hydrogen) atoms. The van der Waals surface area contributed by atoms with Gasteiger partial charge in [0.2, 0.25) is 0 Å². The topological polar surface area (TPSA) is 43.4 Å². The highest BCUT2D eigenvalue weighted by Crippen LogP contribution is 2.37. The van der Waals surface area contributed by atoms with Gasteiger partial charge in [-0.15, -0.1) is 12.4 Å². The van der Waals surface area contributed by atoms with E-state index in [1.54, 1.807) is 13.3 Å². The average Bonchev–Trinajstić information content (AvgIpc) is 2.94. The Labute approximate surface area is 176 Å². The Hall–Kier alpha value is -1.30. The van der Waals surface area contributed by atoms with Crippen molar-refractivity contribution in [2.75, 3.05) is 7.11 Å². The fraction of sp³-hybridized carbons (Fsp3) is 0.476. The van der Waals surface area contributed by atoms with E-state index in [-0.39, 0.29) is 12.4 Å². The van der Waals surface area contributed by atoms with E-state index < -0.39 is 0 Å². The van der Waals surface area contributed by atoms with Gasteiger partial charge in [-0.25, -0.2) is 0 Å². The number of aromatic nitrogens is 1. The third kappa shape index (κ3) is 6.66. The summed E-state index contributed by atoms with van der Waals surface area (Å²) in [6.45, 7) is 1.31. The van der Waals surface area contributed by atoms with Crippen molar-refractivity contribution in [1.29, 1.82) is 0 Å². The molecule has 148 valence electrons. The number of rotatable bonds is 7. The summed E-state index contributed by atoms with van der Waals surface area (Å²) in [6, 6.07) is 8.72. The van der Waals surface area contributed by atoms with Crippen LogP contribution in [0.2, 0.25) is 0 Å². The maximum absolute atomic E-state index is 5.98. The van der Waals surface area contributed by atoms with Crippen molar-refractivity contribution < 1.29 is 9.47 Å². The van der Waals surface area contributed by atoms with Gasteiger partial charge in [-0.1, -0.05) is 31.7 Å². The van der Waals surface area contributed by atoms with E-state index in [4.69, 9.17) is 9.47 Å². The highest BCUT2D eigenvalue weighted by molar-refractivity contribution is 9.10. The molecule has 6 heteroatoms. The Balaban J connectivity index is 0.00000261. The monoisotopic (exact) mass is 454 g/mol. The quantitative estimate of drug-likeness (QED) is 0.547.